The first-order valence-corrected chi connectivity index (χ1v) is 2.00. The zero-order chi connectivity index (χ0) is 4.12. The summed E-state index contributed by atoms with van der Waals surface area (Å²) >= 11 is 1.04. The summed E-state index contributed by atoms with van der Waals surface area (Å²) in [5, 5.41) is 3.86. The van der Waals surface area contributed by atoms with Crippen LogP contribution in [-0.2, 0) is 33.1 Å². The van der Waals surface area contributed by atoms with Crippen LogP contribution in [0.25, 0.3) is 0 Å². The Morgan fingerprint density at radius 2 is 2.20 bits per heavy atom. The van der Waals surface area contributed by atoms with Gasteiger partial charge in [0.05, 0.1) is 0 Å². The van der Waals surface area contributed by atoms with Gasteiger partial charge >= 0.3 is 40.2 Å². The molecule has 0 saturated heterocycles. The summed E-state index contributed by atoms with van der Waals surface area (Å²) in [4.78, 5) is 3.98. The van der Waals surface area contributed by atoms with Gasteiger partial charge in [0.1, 0.15) is 0 Å². The Morgan fingerprint density at radius 3 is 2.20 bits per heavy atom. The third-order valence-corrected chi connectivity index (χ3v) is 0.279. The van der Waals surface area contributed by atoms with Crippen LogP contribution in [0.2, 0.25) is 0 Å². The van der Waals surface area contributed by atoms with Crippen LogP contribution in [0.5, 0.6) is 0 Å². The van der Waals surface area contributed by atoms with Crippen molar-refractivity contribution in [3.05, 3.63) is 0 Å². The fourth-order valence-electron chi connectivity index (χ4n) is 0.0257. The van der Waals surface area contributed by atoms with E-state index in [1.54, 1.807) is 0 Å². The van der Waals surface area contributed by atoms with E-state index in [1.807, 2.05) is 0 Å². The monoisotopic (exact) mass is 250 g/mol. The van der Waals surface area contributed by atoms with Gasteiger partial charge in [0.2, 0.25) is 0 Å². The molecule has 0 amide bonds. The first kappa shape index (κ1) is 5.54. The Bertz CT molecular complexity index is 14.4. The summed E-state index contributed by atoms with van der Waals surface area (Å²) in [5.74, 6) is 0. The van der Waals surface area contributed by atoms with Gasteiger partial charge in [-0.1, -0.05) is 0 Å². The van der Waals surface area contributed by atoms with E-state index in [0.717, 1.165) is 19.6 Å². The van der Waals surface area contributed by atoms with Crippen molar-refractivity contribution >= 4 is 0 Å². The van der Waals surface area contributed by atoms with Crippen molar-refractivity contribution in [2.75, 3.05) is 7.11 Å². The zero-order valence-corrected chi connectivity index (χ0v) is 5.32. The molecule has 26 valence electrons. The Labute approximate surface area is 40.9 Å². The zero-order valence-electron chi connectivity index (χ0n) is 2.60. The van der Waals surface area contributed by atoms with Gasteiger partial charge in [-0.15, -0.1) is 0 Å². The summed E-state index contributed by atoms with van der Waals surface area (Å²) in [6.07, 6.45) is 0. The predicted molar refractivity (Wildman–Crippen MR) is 9.18 cm³/mol. The maximum absolute atomic E-state index is 4.02. The van der Waals surface area contributed by atoms with E-state index >= 15 is 0 Å². The fraction of sp³-hybridized carbons (Fsp3) is 1.00. The fourth-order valence-corrected chi connectivity index (χ4v) is 0.211. The van der Waals surface area contributed by atoms with E-state index in [-0.39, 0.29) is 0 Å². The van der Waals surface area contributed by atoms with Crippen molar-refractivity contribution in [1.82, 2.24) is 0 Å². The molecule has 0 fully saturated rings. The van der Waals surface area contributed by atoms with E-state index in [9.17, 15) is 0 Å². The molecule has 0 radical (unpaired) electrons. The second kappa shape index (κ2) is 4.54. The molecular weight excluding hydrogens is 246 g/mol. The van der Waals surface area contributed by atoms with Crippen LogP contribution < -0.4 is 0 Å². The first-order valence-electron chi connectivity index (χ1n) is 0.896. The molecule has 0 aromatic heterocycles. The van der Waals surface area contributed by atoms with Crippen molar-refractivity contribution in [2.45, 2.75) is 0 Å². The van der Waals surface area contributed by atoms with Gasteiger partial charge in [-0.05, 0) is 0 Å². The molecule has 0 unspecified atom stereocenters. The van der Waals surface area contributed by atoms with Crippen LogP contribution in [0.3, 0.4) is 0 Å². The maximum atomic E-state index is 4.02. The van der Waals surface area contributed by atoms with Crippen molar-refractivity contribution in [3.63, 3.8) is 0 Å². The third kappa shape index (κ3) is 4.54. The Hall–Kier alpha value is 0.542. The average molecular weight is 249 g/mol. The van der Waals surface area contributed by atoms with Crippen LogP contribution >= 0.6 is 0 Å². The van der Waals surface area contributed by atoms with Gasteiger partial charge in [0.25, 0.3) is 0 Å². The molecule has 3 nitrogen and oxygen atoms in total. The van der Waals surface area contributed by atoms with E-state index in [4.69, 9.17) is 0 Å². The summed E-state index contributed by atoms with van der Waals surface area (Å²) in [6, 6.07) is 0. The van der Waals surface area contributed by atoms with Gasteiger partial charge < -0.3 is 0 Å². The quantitative estimate of drug-likeness (QED) is 0.507. The summed E-state index contributed by atoms with van der Waals surface area (Å²) in [5.41, 5.74) is 0. The van der Waals surface area contributed by atoms with E-state index < -0.39 is 0 Å². The van der Waals surface area contributed by atoms with Crippen LogP contribution in [0.4, 0.5) is 0 Å². The third-order valence-electron chi connectivity index (χ3n) is 0.0938. The Balaban J connectivity index is 2.19. The second-order valence-electron chi connectivity index (χ2n) is 0.298. The van der Waals surface area contributed by atoms with Crippen LogP contribution in [0, 0.1) is 0 Å². The molecule has 0 saturated carbocycles. The van der Waals surface area contributed by atoms with E-state index in [0.29, 0.717) is 0 Å². The molecule has 0 aromatic rings. The van der Waals surface area contributed by atoms with Crippen LogP contribution in [-0.4, -0.2) is 7.11 Å². The Morgan fingerprint density at radius 1 is 1.60 bits per heavy atom. The van der Waals surface area contributed by atoms with Crippen molar-refractivity contribution in [1.29, 1.82) is 0 Å². The number of hydrogen-bond donors (Lipinski definition) is 0. The standard InChI is InChI=1S/CH4O3.Re/c1-3-4-2;/h2H,1H3;/q;+7/p-1. The molecule has 0 heterocycles. The summed E-state index contributed by atoms with van der Waals surface area (Å²) < 4.78 is 4.02. The summed E-state index contributed by atoms with van der Waals surface area (Å²) in [7, 11) is 1.37. The van der Waals surface area contributed by atoms with E-state index in [1.165, 1.54) is 7.11 Å². The average Bonchev–Trinajstić information content (AvgIpc) is 1.41. The van der Waals surface area contributed by atoms with Gasteiger partial charge in [0.15, 0.2) is 0 Å². The summed E-state index contributed by atoms with van der Waals surface area (Å²) in [6.45, 7) is 0. The molecule has 0 N–H and O–H groups in total. The Kier molecular flexibility index (Phi) is 5.04. The minimum atomic E-state index is 1.04. The molecule has 0 aliphatic heterocycles. The minimum absolute atomic E-state index is 1.04. The van der Waals surface area contributed by atoms with Gasteiger partial charge in [-0.3, -0.25) is 0 Å². The molecule has 0 aliphatic carbocycles. The van der Waals surface area contributed by atoms with Crippen molar-refractivity contribution < 1.29 is 33.1 Å². The molecule has 0 aliphatic rings. The first-order chi connectivity index (χ1) is 2.41. The number of rotatable bonds is 2. The molecule has 0 atom stereocenters. The molecule has 0 bridgehead atoms. The molecule has 4 heteroatoms. The van der Waals surface area contributed by atoms with E-state index in [2.05, 4.69) is 13.5 Å². The van der Waals surface area contributed by atoms with Crippen molar-refractivity contribution in [2.24, 2.45) is 0 Å². The molecular formula is CH3O3Re+6. The molecule has 5 heavy (non-hydrogen) atoms. The van der Waals surface area contributed by atoms with Crippen molar-refractivity contribution in [3.8, 4) is 0 Å². The topological polar surface area (TPSA) is 27.7 Å². The van der Waals surface area contributed by atoms with Crippen LogP contribution in [0.1, 0.15) is 0 Å². The predicted octanol–water partition coefficient (Wildman–Crippen LogP) is -0.0422. The van der Waals surface area contributed by atoms with Gasteiger partial charge in [-0.2, -0.15) is 0 Å². The van der Waals surface area contributed by atoms with Gasteiger partial charge in [-0.25, -0.2) is 0 Å². The SMILES string of the molecule is COO[O][Re+6]. The normalized spacial score (nSPS) is 8.60. The van der Waals surface area contributed by atoms with Gasteiger partial charge in [0, 0.05) is 0 Å². The number of hydrogen-bond acceptors (Lipinski definition) is 3. The molecule has 0 aromatic carbocycles. The second-order valence-corrected chi connectivity index (χ2v) is 0.750. The van der Waals surface area contributed by atoms with Crippen LogP contribution in [0.15, 0.2) is 0 Å². The molecule has 0 rings (SSSR count). The molecule has 0 spiro atoms.